The minimum absolute atomic E-state index is 0. The van der Waals surface area contributed by atoms with E-state index in [0.717, 1.165) is 0 Å². The molecule has 0 aromatic heterocycles. The molecule has 40 valence electrons. The predicted octanol–water partition coefficient (Wildman–Crippen LogP) is -12.0. The zero-order valence-electron chi connectivity index (χ0n) is 3.09. The molecule has 0 spiro atoms. The van der Waals surface area contributed by atoms with Gasteiger partial charge in [-0.3, -0.25) is 0 Å². The maximum absolute atomic E-state index is 0. The molecule has 0 amide bonds. The molecule has 1 nitrogen and oxygen atoms in total. The van der Waals surface area contributed by atoms with Gasteiger partial charge in [-0.1, -0.05) is 0 Å². The Morgan fingerprint density at radius 3 is 0.500 bits per heavy atom. The van der Waals surface area contributed by atoms with Gasteiger partial charge < -0.3 is 55.8 Å². The van der Waals surface area contributed by atoms with Gasteiger partial charge in [0.15, 0.2) is 0 Å². The molecule has 0 atom stereocenters. The monoisotopic (exact) mass is 227 g/mol. The first kappa shape index (κ1) is 115. The van der Waals surface area contributed by atoms with E-state index in [2.05, 4.69) is 0 Å². The molecule has 0 aliphatic rings. The molecule has 6 heteroatoms. The quantitative estimate of drug-likeness (QED) is 0.401. The van der Waals surface area contributed by atoms with Gasteiger partial charge in [0.05, 0.1) is 0 Å². The summed E-state index contributed by atoms with van der Waals surface area (Å²) in [6, 6.07) is 0. The van der Waals surface area contributed by atoms with Crippen molar-refractivity contribution < 1.29 is 49.6 Å². The van der Waals surface area contributed by atoms with Gasteiger partial charge in [0.25, 0.3) is 0 Å². The van der Waals surface area contributed by atoms with Crippen LogP contribution >= 0.6 is 0 Å². The van der Waals surface area contributed by atoms with Crippen LogP contribution in [-0.2, 0) is 0 Å². The van der Waals surface area contributed by atoms with Crippen LogP contribution < -0.4 is 55.8 Å². The van der Waals surface area contributed by atoms with Gasteiger partial charge in [-0.25, -0.2) is 0 Å². The molecule has 6 heavy (non-hydrogen) atoms. The molecule has 0 bridgehead atoms. The maximum atomic E-state index is 0. The minimum Gasteiger partial charge on any atom is -1.00 e. The molecule has 4 N–H and O–H groups in total. The summed E-state index contributed by atoms with van der Waals surface area (Å²) < 4.78 is 0. The number of hydrogen-bond donors (Lipinski definition) is 1. The molecule has 0 radical (unpaired) electrons. The molecule has 0 aromatic carbocycles. The Bertz CT molecular complexity index is 7.51. The largest absolute Gasteiger partial charge is 3.00 e. The third-order valence-corrected chi connectivity index (χ3v) is 0. The van der Waals surface area contributed by atoms with E-state index in [9.17, 15) is 0 Å². The third kappa shape index (κ3) is 42.2. The van der Waals surface area contributed by atoms with Crippen molar-refractivity contribution in [3.63, 3.8) is 0 Å². The van der Waals surface area contributed by atoms with Crippen molar-refractivity contribution in [3.8, 4) is 0 Å². The normalized spacial score (nSPS) is 0. The van der Waals surface area contributed by atoms with Gasteiger partial charge in [0, 0.05) is 0 Å². The van der Waals surface area contributed by atoms with E-state index in [1.165, 1.54) is 0 Å². The van der Waals surface area contributed by atoms with Crippen LogP contribution in [0.3, 0.4) is 0 Å². The van der Waals surface area contributed by atoms with Gasteiger partial charge in [0.1, 0.15) is 0 Å². The van der Waals surface area contributed by atoms with Crippen LogP contribution in [0.25, 0.3) is 0 Å². The SMILES string of the molecule is [Cl-].[Cl-].[Cl-].[Cl-].[Ga+3].[NH4+]. The topological polar surface area (TPSA) is 36.5 Å². The summed E-state index contributed by atoms with van der Waals surface area (Å²) in [6.45, 7) is 0. The van der Waals surface area contributed by atoms with Crippen molar-refractivity contribution in [2.45, 2.75) is 0 Å². The van der Waals surface area contributed by atoms with E-state index < -0.39 is 0 Å². The molecule has 0 aromatic rings. The first-order chi connectivity index (χ1) is 0. The Balaban J connectivity index is 0. The van der Waals surface area contributed by atoms with Crippen LogP contribution in [0.4, 0.5) is 0 Å². The average molecular weight is 230 g/mol. The summed E-state index contributed by atoms with van der Waals surface area (Å²) in [4.78, 5) is 0. The van der Waals surface area contributed by atoms with Gasteiger partial charge >= 0.3 is 19.8 Å². The molecule has 0 saturated heterocycles. The fraction of sp³-hybridized carbons (Fsp3) is 0. The summed E-state index contributed by atoms with van der Waals surface area (Å²) in [6.07, 6.45) is 0. The Labute approximate surface area is 75.3 Å². The zero-order valence-corrected chi connectivity index (χ0v) is 8.54. The number of hydrogen-bond acceptors (Lipinski definition) is 0. The Hall–Kier alpha value is 1.76. The molecule has 0 aliphatic heterocycles. The summed E-state index contributed by atoms with van der Waals surface area (Å²) in [5.74, 6) is 0. The summed E-state index contributed by atoms with van der Waals surface area (Å²) >= 11 is 0. The van der Waals surface area contributed by atoms with Crippen molar-refractivity contribution in [3.05, 3.63) is 0 Å². The zero-order chi connectivity index (χ0) is 0. The number of halogens is 4. The fourth-order valence-corrected chi connectivity index (χ4v) is 0. The standard InChI is InChI=1S/4ClH.Ga.H3N/h4*1H;;1H3/q;;;;+3;/p-3. The second kappa shape index (κ2) is 72.6. The molecule has 0 fully saturated rings. The predicted molar refractivity (Wildman–Crippen MR) is 11.7 cm³/mol. The average Bonchev–Trinajstić information content (AvgIpc) is 0. The number of rotatable bonds is 0. The molecular formula is H4Cl4GaN. The first-order valence-corrected chi connectivity index (χ1v) is 0. The van der Waals surface area contributed by atoms with Crippen molar-refractivity contribution in [2.75, 3.05) is 0 Å². The van der Waals surface area contributed by atoms with Gasteiger partial charge in [-0.05, 0) is 0 Å². The van der Waals surface area contributed by atoms with E-state index in [0.29, 0.717) is 0 Å². The molecule has 0 unspecified atom stereocenters. The smallest absolute Gasteiger partial charge is 1.00 e. The Morgan fingerprint density at radius 2 is 0.500 bits per heavy atom. The van der Waals surface area contributed by atoms with Crippen molar-refractivity contribution in [1.29, 1.82) is 0 Å². The van der Waals surface area contributed by atoms with Gasteiger partial charge in [-0.2, -0.15) is 0 Å². The first-order valence-electron chi connectivity index (χ1n) is 0. The molecule has 0 heterocycles. The summed E-state index contributed by atoms with van der Waals surface area (Å²) in [5, 5.41) is 0. The van der Waals surface area contributed by atoms with Crippen LogP contribution in [0, 0.1) is 0 Å². The molecular weight excluding hydrogens is 226 g/mol. The van der Waals surface area contributed by atoms with Crippen LogP contribution in [0.15, 0.2) is 0 Å². The van der Waals surface area contributed by atoms with Crippen LogP contribution in [0.5, 0.6) is 0 Å². The Morgan fingerprint density at radius 1 is 0.500 bits per heavy atom. The van der Waals surface area contributed by atoms with Crippen LogP contribution in [0.2, 0.25) is 0 Å². The van der Waals surface area contributed by atoms with E-state index in [1.54, 1.807) is 0 Å². The van der Waals surface area contributed by atoms with Gasteiger partial charge in [-0.15, -0.1) is 0 Å². The van der Waals surface area contributed by atoms with E-state index in [1.807, 2.05) is 0 Å². The second-order valence-corrected chi connectivity index (χ2v) is 0. The van der Waals surface area contributed by atoms with Crippen molar-refractivity contribution >= 4 is 19.8 Å². The fourth-order valence-electron chi connectivity index (χ4n) is 0. The molecule has 0 aliphatic carbocycles. The van der Waals surface area contributed by atoms with Gasteiger partial charge in [0.2, 0.25) is 0 Å². The molecule has 0 rings (SSSR count). The summed E-state index contributed by atoms with van der Waals surface area (Å²) in [5.41, 5.74) is 0. The molecule has 0 saturated carbocycles. The van der Waals surface area contributed by atoms with E-state index >= 15 is 0 Å². The Kier molecular flexibility index (Phi) is 1390. The van der Waals surface area contributed by atoms with Crippen LogP contribution in [-0.4, -0.2) is 19.8 Å². The number of quaternary nitrogens is 1. The van der Waals surface area contributed by atoms with Crippen molar-refractivity contribution in [2.24, 2.45) is 0 Å². The minimum atomic E-state index is 0. The van der Waals surface area contributed by atoms with Crippen molar-refractivity contribution in [1.82, 2.24) is 6.15 Å². The third-order valence-electron chi connectivity index (χ3n) is 0. The summed E-state index contributed by atoms with van der Waals surface area (Å²) in [7, 11) is 0. The second-order valence-electron chi connectivity index (χ2n) is 0. The van der Waals surface area contributed by atoms with Crippen LogP contribution in [0.1, 0.15) is 0 Å². The van der Waals surface area contributed by atoms with E-state index in [-0.39, 0.29) is 75.6 Å². The maximum Gasteiger partial charge on any atom is 3.00 e. The van der Waals surface area contributed by atoms with E-state index in [4.69, 9.17) is 0 Å².